The van der Waals surface area contributed by atoms with Gasteiger partial charge in [-0.25, -0.2) is 0 Å². The van der Waals surface area contributed by atoms with Gasteiger partial charge in [-0.3, -0.25) is 4.79 Å². The monoisotopic (exact) mass is 415 g/mol. The summed E-state index contributed by atoms with van der Waals surface area (Å²) in [4.78, 5) is 13.2. The number of ether oxygens (including phenoxy) is 1. The summed E-state index contributed by atoms with van der Waals surface area (Å²) in [6.45, 7) is 0. The van der Waals surface area contributed by atoms with Gasteiger partial charge in [-0.05, 0) is 51.6 Å². The number of carbonyl (C=O) groups is 1. The number of hydrogen-bond acceptors (Lipinski definition) is 2. The summed E-state index contributed by atoms with van der Waals surface area (Å²) in [5, 5.41) is 3.40. The van der Waals surface area contributed by atoms with Crippen LogP contribution in [0.1, 0.15) is 38.2 Å². The molecule has 1 heterocycles. The number of methoxy groups -OCH3 is 1. The zero-order valence-electron chi connectivity index (χ0n) is 17.6. The number of fused-ring (bicyclic) bond motifs is 4. The van der Waals surface area contributed by atoms with Gasteiger partial charge in [-0.1, -0.05) is 84.9 Å². The first-order valence-corrected chi connectivity index (χ1v) is 10.7. The van der Waals surface area contributed by atoms with E-state index >= 15 is 0 Å². The predicted octanol–water partition coefficient (Wildman–Crippen LogP) is 5.65. The van der Waals surface area contributed by atoms with E-state index in [2.05, 4.69) is 59.9 Å². The van der Waals surface area contributed by atoms with Crippen molar-refractivity contribution >= 4 is 17.1 Å². The van der Waals surface area contributed by atoms with Crippen molar-refractivity contribution in [1.29, 1.82) is 0 Å². The summed E-state index contributed by atoms with van der Waals surface area (Å²) in [5.41, 5.74) is 7.48. The van der Waals surface area contributed by atoms with E-state index in [0.29, 0.717) is 0 Å². The van der Waals surface area contributed by atoms with Crippen LogP contribution in [0, 0.1) is 0 Å². The summed E-state index contributed by atoms with van der Waals surface area (Å²) >= 11 is 0. The van der Waals surface area contributed by atoms with Crippen LogP contribution < -0.4 is 10.1 Å². The molecule has 6 rings (SSSR count). The highest BCUT2D eigenvalue weighted by atomic mass is 16.5. The van der Waals surface area contributed by atoms with Crippen LogP contribution in [0.4, 0.5) is 0 Å². The Morgan fingerprint density at radius 1 is 0.688 bits per heavy atom. The fourth-order valence-corrected chi connectivity index (χ4v) is 5.23. The van der Waals surface area contributed by atoms with E-state index in [-0.39, 0.29) is 5.91 Å². The molecule has 0 saturated heterocycles. The van der Waals surface area contributed by atoms with Crippen molar-refractivity contribution in [2.45, 2.75) is 5.54 Å². The third-order valence-corrected chi connectivity index (χ3v) is 6.53. The fraction of sp³-hybridized carbons (Fsp3) is 0.0690. The average molecular weight is 415 g/mol. The molecule has 1 spiro atoms. The molecule has 0 aromatic heterocycles. The van der Waals surface area contributed by atoms with Crippen LogP contribution in [0.3, 0.4) is 0 Å². The van der Waals surface area contributed by atoms with E-state index in [1.54, 1.807) is 7.11 Å². The molecular formula is C29H21NO2. The SMILES string of the molecule is COc1ccc2c(c1)C(c1ccccc1)=C(c1ccccc1)C21NC(=O)c2ccccc21. The van der Waals surface area contributed by atoms with Gasteiger partial charge in [0.05, 0.1) is 7.11 Å². The average Bonchev–Trinajstić information content (AvgIpc) is 3.32. The fourth-order valence-electron chi connectivity index (χ4n) is 5.23. The zero-order valence-corrected chi connectivity index (χ0v) is 17.6. The van der Waals surface area contributed by atoms with E-state index in [0.717, 1.165) is 50.3 Å². The van der Waals surface area contributed by atoms with Crippen LogP contribution >= 0.6 is 0 Å². The van der Waals surface area contributed by atoms with Gasteiger partial charge >= 0.3 is 0 Å². The van der Waals surface area contributed by atoms with Gasteiger partial charge in [-0.15, -0.1) is 0 Å². The highest BCUT2D eigenvalue weighted by molar-refractivity contribution is 6.14. The molecule has 1 aliphatic heterocycles. The van der Waals surface area contributed by atoms with Crippen molar-refractivity contribution in [1.82, 2.24) is 5.32 Å². The Bertz CT molecular complexity index is 1390. The quantitative estimate of drug-likeness (QED) is 0.469. The number of nitrogens with one attached hydrogen (secondary N) is 1. The second-order valence-corrected chi connectivity index (χ2v) is 8.14. The second kappa shape index (κ2) is 6.96. The first kappa shape index (κ1) is 18.6. The number of amides is 1. The topological polar surface area (TPSA) is 38.3 Å². The standard InChI is InChI=1S/C29H21NO2/c1-32-21-16-17-25-23(18-21)26(19-10-4-2-5-11-19)27(20-12-6-3-7-13-20)29(25)24-15-9-8-14-22(24)28(31)30-29/h2-18H,1H3,(H,30,31). The first-order valence-electron chi connectivity index (χ1n) is 10.7. The maximum atomic E-state index is 13.2. The van der Waals surface area contributed by atoms with Gasteiger partial charge in [0.2, 0.25) is 0 Å². The van der Waals surface area contributed by atoms with E-state index in [1.165, 1.54) is 0 Å². The molecule has 0 radical (unpaired) electrons. The minimum Gasteiger partial charge on any atom is -0.497 e. The van der Waals surface area contributed by atoms with E-state index in [1.807, 2.05) is 48.5 Å². The zero-order chi connectivity index (χ0) is 21.7. The molecule has 154 valence electrons. The highest BCUT2D eigenvalue weighted by Gasteiger charge is 2.53. The predicted molar refractivity (Wildman–Crippen MR) is 126 cm³/mol. The van der Waals surface area contributed by atoms with Crippen LogP contribution in [0.25, 0.3) is 11.1 Å². The Hall–Kier alpha value is -4.11. The Morgan fingerprint density at radius 2 is 1.31 bits per heavy atom. The Morgan fingerprint density at radius 3 is 2.03 bits per heavy atom. The number of hydrogen-bond donors (Lipinski definition) is 1. The lowest BCUT2D eigenvalue weighted by molar-refractivity contribution is 0.0952. The number of carbonyl (C=O) groups excluding carboxylic acids is 1. The van der Waals surface area contributed by atoms with E-state index < -0.39 is 5.54 Å². The van der Waals surface area contributed by atoms with Crippen LogP contribution in [-0.2, 0) is 5.54 Å². The lowest BCUT2D eigenvalue weighted by Gasteiger charge is -2.31. The van der Waals surface area contributed by atoms with Gasteiger partial charge in [0.25, 0.3) is 5.91 Å². The van der Waals surface area contributed by atoms with Crippen LogP contribution in [0.15, 0.2) is 103 Å². The van der Waals surface area contributed by atoms with Crippen LogP contribution in [0.5, 0.6) is 5.75 Å². The molecule has 3 nitrogen and oxygen atoms in total. The Labute approximate surface area is 187 Å². The third-order valence-electron chi connectivity index (χ3n) is 6.53. The maximum absolute atomic E-state index is 13.2. The van der Waals surface area contributed by atoms with E-state index in [9.17, 15) is 4.79 Å². The molecule has 0 saturated carbocycles. The molecular weight excluding hydrogens is 394 g/mol. The Balaban J connectivity index is 1.79. The molecule has 1 unspecified atom stereocenters. The van der Waals surface area contributed by atoms with Crippen molar-refractivity contribution in [2.24, 2.45) is 0 Å². The minimum absolute atomic E-state index is 0.0508. The van der Waals surface area contributed by atoms with Gasteiger partial charge < -0.3 is 10.1 Å². The summed E-state index contributed by atoms with van der Waals surface area (Å²) in [5.74, 6) is 0.740. The lowest BCUT2D eigenvalue weighted by Crippen LogP contribution is -2.40. The van der Waals surface area contributed by atoms with Crippen molar-refractivity contribution in [3.05, 3.63) is 137 Å². The first-order chi connectivity index (χ1) is 15.7. The molecule has 2 aliphatic rings. The summed E-state index contributed by atoms with van der Waals surface area (Å²) in [6, 6.07) is 34.8. The molecule has 32 heavy (non-hydrogen) atoms. The van der Waals surface area contributed by atoms with Gasteiger partial charge in [0.1, 0.15) is 11.3 Å². The van der Waals surface area contributed by atoms with Gasteiger partial charge in [-0.2, -0.15) is 0 Å². The maximum Gasteiger partial charge on any atom is 0.252 e. The number of benzene rings is 4. The summed E-state index contributed by atoms with van der Waals surface area (Å²) < 4.78 is 5.60. The van der Waals surface area contributed by atoms with Crippen LogP contribution in [-0.4, -0.2) is 13.0 Å². The second-order valence-electron chi connectivity index (χ2n) is 8.14. The van der Waals surface area contributed by atoms with E-state index in [4.69, 9.17) is 4.74 Å². The van der Waals surface area contributed by atoms with Crippen molar-refractivity contribution < 1.29 is 9.53 Å². The summed E-state index contributed by atoms with van der Waals surface area (Å²) in [7, 11) is 1.68. The molecule has 1 aliphatic carbocycles. The molecule has 4 aromatic carbocycles. The van der Waals surface area contributed by atoms with Gasteiger partial charge in [0.15, 0.2) is 0 Å². The van der Waals surface area contributed by atoms with Crippen molar-refractivity contribution in [3.63, 3.8) is 0 Å². The van der Waals surface area contributed by atoms with Crippen molar-refractivity contribution in [2.75, 3.05) is 7.11 Å². The van der Waals surface area contributed by atoms with Crippen LogP contribution in [0.2, 0.25) is 0 Å². The number of rotatable bonds is 3. The molecule has 3 heteroatoms. The van der Waals surface area contributed by atoms with Crippen molar-refractivity contribution in [3.8, 4) is 5.75 Å². The molecule has 1 atom stereocenters. The normalized spacial score (nSPS) is 18.5. The molecule has 0 fully saturated rings. The molecule has 0 bridgehead atoms. The summed E-state index contributed by atoms with van der Waals surface area (Å²) in [6.07, 6.45) is 0. The lowest BCUT2D eigenvalue weighted by atomic mass is 9.77. The molecule has 1 amide bonds. The largest absolute Gasteiger partial charge is 0.497 e. The molecule has 1 N–H and O–H groups in total. The Kier molecular flexibility index (Phi) is 4.05. The van der Waals surface area contributed by atoms with Gasteiger partial charge in [0, 0.05) is 11.1 Å². The molecule has 4 aromatic rings. The minimum atomic E-state index is -0.762. The smallest absolute Gasteiger partial charge is 0.252 e. The highest BCUT2D eigenvalue weighted by Crippen LogP contribution is 2.57. The third kappa shape index (κ3) is 2.45.